The second-order valence-electron chi connectivity index (χ2n) is 4.81. The zero-order valence-corrected chi connectivity index (χ0v) is 11.3. The molecule has 0 atom stereocenters. The van der Waals surface area contributed by atoms with E-state index in [2.05, 4.69) is 41.9 Å². The van der Waals surface area contributed by atoms with Gasteiger partial charge in [0, 0.05) is 24.1 Å². The van der Waals surface area contributed by atoms with Crippen LogP contribution >= 0.6 is 0 Å². The molecule has 0 spiro atoms. The summed E-state index contributed by atoms with van der Waals surface area (Å²) in [5, 5.41) is 0. The monoisotopic (exact) mass is 253 g/mol. The molecule has 96 valence electrons. The molecule has 0 aliphatic carbocycles. The van der Waals surface area contributed by atoms with Crippen molar-refractivity contribution >= 4 is 11.1 Å². The first-order valence-electron chi connectivity index (χ1n) is 6.63. The number of aryl methyl sites for hydroxylation is 2. The first-order chi connectivity index (χ1) is 9.26. The SMILES string of the molecule is CCC[n+]1ccc(-c2nc3ccc(C)cc3o2)cc1. The molecule has 0 aliphatic heterocycles. The third-order valence-electron chi connectivity index (χ3n) is 3.16. The average Bonchev–Trinajstić information content (AvgIpc) is 2.83. The van der Waals surface area contributed by atoms with Gasteiger partial charge in [0.15, 0.2) is 18.0 Å². The minimum Gasteiger partial charge on any atom is -0.436 e. The fourth-order valence-electron chi connectivity index (χ4n) is 2.16. The highest BCUT2D eigenvalue weighted by Gasteiger charge is 2.09. The topological polar surface area (TPSA) is 29.9 Å². The first-order valence-corrected chi connectivity index (χ1v) is 6.63. The summed E-state index contributed by atoms with van der Waals surface area (Å²) in [5.41, 5.74) is 3.96. The molecule has 0 radical (unpaired) electrons. The molecule has 0 saturated heterocycles. The number of rotatable bonds is 3. The second-order valence-corrected chi connectivity index (χ2v) is 4.81. The van der Waals surface area contributed by atoms with E-state index in [9.17, 15) is 0 Å². The maximum Gasteiger partial charge on any atom is 0.227 e. The molecular weight excluding hydrogens is 236 g/mol. The van der Waals surface area contributed by atoms with Gasteiger partial charge in [0.25, 0.3) is 0 Å². The summed E-state index contributed by atoms with van der Waals surface area (Å²) >= 11 is 0. The molecule has 0 amide bonds. The number of pyridine rings is 1. The quantitative estimate of drug-likeness (QED) is 0.669. The Hall–Kier alpha value is -2.16. The Bertz CT molecular complexity index is 698. The van der Waals surface area contributed by atoms with Gasteiger partial charge in [-0.25, -0.2) is 9.55 Å². The number of hydrogen-bond acceptors (Lipinski definition) is 2. The van der Waals surface area contributed by atoms with Crippen molar-refractivity contribution in [2.75, 3.05) is 0 Å². The molecule has 0 bridgehead atoms. The molecule has 3 heteroatoms. The van der Waals surface area contributed by atoms with Gasteiger partial charge >= 0.3 is 0 Å². The van der Waals surface area contributed by atoms with Crippen LogP contribution < -0.4 is 4.57 Å². The van der Waals surface area contributed by atoms with Crippen LogP contribution in [-0.4, -0.2) is 4.98 Å². The summed E-state index contributed by atoms with van der Waals surface area (Å²) in [4.78, 5) is 4.52. The van der Waals surface area contributed by atoms with Crippen molar-refractivity contribution < 1.29 is 8.98 Å². The number of aromatic nitrogens is 2. The van der Waals surface area contributed by atoms with Gasteiger partial charge in [0.2, 0.25) is 5.89 Å². The zero-order valence-electron chi connectivity index (χ0n) is 11.3. The van der Waals surface area contributed by atoms with E-state index < -0.39 is 0 Å². The van der Waals surface area contributed by atoms with Gasteiger partial charge in [-0.2, -0.15) is 0 Å². The van der Waals surface area contributed by atoms with E-state index in [-0.39, 0.29) is 0 Å². The maximum absolute atomic E-state index is 5.81. The molecule has 19 heavy (non-hydrogen) atoms. The van der Waals surface area contributed by atoms with Crippen LogP contribution in [0.2, 0.25) is 0 Å². The molecule has 1 aromatic carbocycles. The van der Waals surface area contributed by atoms with E-state index in [1.165, 1.54) is 5.56 Å². The van der Waals surface area contributed by atoms with E-state index in [1.54, 1.807) is 0 Å². The van der Waals surface area contributed by atoms with Gasteiger partial charge < -0.3 is 4.42 Å². The van der Waals surface area contributed by atoms with Crippen LogP contribution in [0.1, 0.15) is 18.9 Å². The van der Waals surface area contributed by atoms with Gasteiger partial charge in [0.1, 0.15) is 12.1 Å². The Kier molecular flexibility index (Phi) is 3.03. The summed E-state index contributed by atoms with van der Waals surface area (Å²) in [6, 6.07) is 10.2. The molecule has 3 nitrogen and oxygen atoms in total. The average molecular weight is 253 g/mol. The van der Waals surface area contributed by atoms with Gasteiger partial charge in [-0.05, 0) is 24.6 Å². The minimum atomic E-state index is 0.684. The van der Waals surface area contributed by atoms with Crippen molar-refractivity contribution in [1.82, 2.24) is 4.98 Å². The van der Waals surface area contributed by atoms with Crippen LogP contribution in [0.4, 0.5) is 0 Å². The van der Waals surface area contributed by atoms with Crippen LogP contribution in [0, 0.1) is 6.92 Å². The Morgan fingerprint density at radius 2 is 1.95 bits per heavy atom. The van der Waals surface area contributed by atoms with Crippen LogP contribution in [0.25, 0.3) is 22.6 Å². The van der Waals surface area contributed by atoms with Gasteiger partial charge in [0.05, 0.1) is 0 Å². The molecule has 0 aliphatic rings. The molecule has 0 fully saturated rings. The second kappa shape index (κ2) is 4.84. The molecular formula is C16H17N2O+. The van der Waals surface area contributed by atoms with E-state index in [4.69, 9.17) is 4.42 Å². The first kappa shape index (κ1) is 11.9. The summed E-state index contributed by atoms with van der Waals surface area (Å²) in [5.74, 6) is 0.684. The van der Waals surface area contributed by atoms with Crippen molar-refractivity contribution in [3.8, 4) is 11.5 Å². The van der Waals surface area contributed by atoms with Crippen molar-refractivity contribution in [2.45, 2.75) is 26.8 Å². The van der Waals surface area contributed by atoms with Crippen molar-refractivity contribution in [2.24, 2.45) is 0 Å². The Morgan fingerprint density at radius 1 is 1.16 bits per heavy atom. The lowest BCUT2D eigenvalue weighted by atomic mass is 10.2. The summed E-state index contributed by atoms with van der Waals surface area (Å²) in [6.45, 7) is 5.26. The summed E-state index contributed by atoms with van der Waals surface area (Å²) < 4.78 is 7.98. The van der Waals surface area contributed by atoms with E-state index in [0.717, 1.165) is 29.6 Å². The highest BCUT2D eigenvalue weighted by atomic mass is 16.3. The van der Waals surface area contributed by atoms with E-state index in [1.807, 2.05) is 24.3 Å². The molecule has 0 N–H and O–H groups in total. The predicted molar refractivity (Wildman–Crippen MR) is 74.7 cm³/mol. The molecule has 0 saturated carbocycles. The maximum atomic E-state index is 5.81. The molecule has 2 heterocycles. The summed E-state index contributed by atoms with van der Waals surface area (Å²) in [7, 11) is 0. The van der Waals surface area contributed by atoms with Crippen LogP contribution in [-0.2, 0) is 6.54 Å². The molecule has 3 aromatic rings. The highest BCUT2D eigenvalue weighted by molar-refractivity contribution is 5.76. The largest absolute Gasteiger partial charge is 0.436 e. The van der Waals surface area contributed by atoms with Crippen LogP contribution in [0.5, 0.6) is 0 Å². The van der Waals surface area contributed by atoms with Gasteiger partial charge in [-0.15, -0.1) is 0 Å². The third kappa shape index (κ3) is 2.36. The number of fused-ring (bicyclic) bond motifs is 1. The highest BCUT2D eigenvalue weighted by Crippen LogP contribution is 2.24. The zero-order chi connectivity index (χ0) is 13.2. The normalized spacial score (nSPS) is 11.1. The molecule has 2 aromatic heterocycles. The third-order valence-corrected chi connectivity index (χ3v) is 3.16. The lowest BCUT2D eigenvalue weighted by molar-refractivity contribution is -0.696. The fourth-order valence-corrected chi connectivity index (χ4v) is 2.16. The number of oxazole rings is 1. The van der Waals surface area contributed by atoms with Crippen molar-refractivity contribution in [3.05, 3.63) is 48.3 Å². The standard InChI is InChI=1S/C16H17N2O/c1-3-8-18-9-6-13(7-10-18)16-17-14-5-4-12(2)11-15(14)19-16/h4-7,9-11H,3,8H2,1-2H3/q+1. The Balaban J connectivity index is 1.99. The smallest absolute Gasteiger partial charge is 0.227 e. The lowest BCUT2D eigenvalue weighted by Gasteiger charge is -1.95. The van der Waals surface area contributed by atoms with Crippen molar-refractivity contribution in [1.29, 1.82) is 0 Å². The predicted octanol–water partition coefficient (Wildman–Crippen LogP) is 3.50. The Labute approximate surface area is 112 Å². The van der Waals surface area contributed by atoms with Crippen LogP contribution in [0.15, 0.2) is 47.1 Å². The van der Waals surface area contributed by atoms with E-state index in [0.29, 0.717) is 5.89 Å². The number of hydrogen-bond donors (Lipinski definition) is 0. The lowest BCUT2D eigenvalue weighted by Crippen LogP contribution is -2.31. The van der Waals surface area contributed by atoms with E-state index >= 15 is 0 Å². The molecule has 3 rings (SSSR count). The van der Waals surface area contributed by atoms with Gasteiger partial charge in [-0.1, -0.05) is 13.0 Å². The number of benzene rings is 1. The van der Waals surface area contributed by atoms with Crippen LogP contribution in [0.3, 0.4) is 0 Å². The number of nitrogens with zero attached hydrogens (tertiary/aromatic N) is 2. The minimum absolute atomic E-state index is 0.684. The van der Waals surface area contributed by atoms with Gasteiger partial charge in [-0.3, -0.25) is 0 Å². The Morgan fingerprint density at radius 3 is 2.68 bits per heavy atom. The summed E-state index contributed by atoms with van der Waals surface area (Å²) in [6.07, 6.45) is 5.27. The van der Waals surface area contributed by atoms with Crippen molar-refractivity contribution in [3.63, 3.8) is 0 Å². The fraction of sp³-hybridized carbons (Fsp3) is 0.250. The molecule has 0 unspecified atom stereocenters.